The molecule has 0 radical (unpaired) electrons. The van der Waals surface area contributed by atoms with Gasteiger partial charge in [-0.15, -0.1) is 0 Å². The minimum Gasteiger partial charge on any atom is -0.545 e. The fourth-order valence-corrected chi connectivity index (χ4v) is 4.59. The van der Waals surface area contributed by atoms with Crippen LogP contribution in [0.4, 0.5) is 0 Å². The molecule has 0 saturated carbocycles. The molecule has 0 atom stereocenters. The molecule has 2 N–H and O–H groups in total. The monoisotopic (exact) mass is 606 g/mol. The molecule has 43 heavy (non-hydrogen) atoms. The summed E-state index contributed by atoms with van der Waals surface area (Å²) in [6.07, 6.45) is 20.7. The van der Waals surface area contributed by atoms with Gasteiger partial charge >= 0.3 is 47.5 Å². The third-order valence-electron chi connectivity index (χ3n) is 6.99. The first-order chi connectivity index (χ1) is 20.3. The van der Waals surface area contributed by atoms with Crippen molar-refractivity contribution in [2.45, 2.75) is 110 Å². The Morgan fingerprint density at radius 3 is 1.23 bits per heavy atom. The number of carbonyl (C=O) groups excluding carboxylic acids is 2. The molecule has 2 rings (SSSR count). The van der Waals surface area contributed by atoms with E-state index < -0.39 is 23.9 Å². The summed E-state index contributed by atoms with van der Waals surface area (Å²) in [4.78, 5) is 44.0. The molecule has 8 nitrogen and oxygen atoms in total. The van der Waals surface area contributed by atoms with Gasteiger partial charge in [0.2, 0.25) is 0 Å². The SMILES string of the molecule is CCCCCCCCCCCCCCCCCCOC(=O)c1ccccc1C(=O)[O-].O=C(O)c1ccccc1C(=O)O.[Na+]. The molecule has 232 valence electrons. The summed E-state index contributed by atoms with van der Waals surface area (Å²) in [6, 6.07) is 11.5. The van der Waals surface area contributed by atoms with Crippen molar-refractivity contribution < 1.29 is 68.8 Å². The molecule has 0 amide bonds. The van der Waals surface area contributed by atoms with Gasteiger partial charge in [-0.25, -0.2) is 14.4 Å². The molecule has 0 aromatic heterocycles. The Kier molecular flexibility index (Phi) is 24.2. The van der Waals surface area contributed by atoms with Gasteiger partial charge in [-0.05, 0) is 24.6 Å². The molecule has 2 aromatic rings. The first-order valence-corrected chi connectivity index (χ1v) is 15.3. The molecule has 0 spiro atoms. The quantitative estimate of drug-likeness (QED) is 0.120. The van der Waals surface area contributed by atoms with Crippen molar-refractivity contribution in [2.75, 3.05) is 6.61 Å². The zero-order valence-corrected chi connectivity index (χ0v) is 28.0. The van der Waals surface area contributed by atoms with Crippen LogP contribution in [0.25, 0.3) is 0 Å². The molecule has 2 aromatic carbocycles. The van der Waals surface area contributed by atoms with Crippen molar-refractivity contribution >= 4 is 23.9 Å². The van der Waals surface area contributed by atoms with Crippen LogP contribution in [0.1, 0.15) is 151 Å². The molecule has 0 aliphatic rings. The van der Waals surface area contributed by atoms with Gasteiger partial charge in [0, 0.05) is 5.56 Å². The summed E-state index contributed by atoms with van der Waals surface area (Å²) < 4.78 is 5.21. The Morgan fingerprint density at radius 1 is 0.558 bits per heavy atom. The van der Waals surface area contributed by atoms with Gasteiger partial charge in [-0.2, -0.15) is 0 Å². The molecule has 9 heteroatoms. The van der Waals surface area contributed by atoms with E-state index >= 15 is 0 Å². The number of unbranched alkanes of at least 4 members (excludes halogenated alkanes) is 15. The Balaban J connectivity index is 0.00000113. The van der Waals surface area contributed by atoms with Crippen LogP contribution in [0.15, 0.2) is 48.5 Å². The van der Waals surface area contributed by atoms with Gasteiger partial charge in [0.1, 0.15) is 0 Å². The summed E-state index contributed by atoms with van der Waals surface area (Å²) in [6.45, 7) is 2.60. The zero-order valence-electron chi connectivity index (χ0n) is 26.0. The second-order valence-corrected chi connectivity index (χ2v) is 10.4. The number of carboxylic acids is 3. The molecule has 0 saturated heterocycles. The maximum absolute atomic E-state index is 12.0. The van der Waals surface area contributed by atoms with E-state index in [-0.39, 0.29) is 51.8 Å². The number of aromatic carboxylic acids is 3. The van der Waals surface area contributed by atoms with E-state index in [2.05, 4.69) is 6.92 Å². The molecule has 0 aliphatic carbocycles. The van der Waals surface area contributed by atoms with E-state index in [9.17, 15) is 24.3 Å². The fraction of sp³-hybridized carbons (Fsp3) is 0.529. The Bertz CT molecular complexity index is 1050. The number of benzene rings is 2. The predicted molar refractivity (Wildman–Crippen MR) is 161 cm³/mol. The zero-order chi connectivity index (χ0) is 31.0. The summed E-state index contributed by atoms with van der Waals surface area (Å²) in [5, 5.41) is 28.1. The van der Waals surface area contributed by atoms with E-state index in [1.807, 2.05) is 0 Å². The molecular formula is C34H47NaO8. The van der Waals surface area contributed by atoms with Gasteiger partial charge in [-0.3, -0.25) is 0 Å². The fourth-order valence-electron chi connectivity index (χ4n) is 4.59. The van der Waals surface area contributed by atoms with Crippen LogP contribution in [0.3, 0.4) is 0 Å². The van der Waals surface area contributed by atoms with Crippen molar-refractivity contribution in [1.82, 2.24) is 0 Å². The van der Waals surface area contributed by atoms with E-state index in [0.717, 1.165) is 19.3 Å². The Morgan fingerprint density at radius 2 is 0.884 bits per heavy atom. The smallest absolute Gasteiger partial charge is 0.545 e. The minimum absolute atomic E-state index is 0. The van der Waals surface area contributed by atoms with Crippen LogP contribution >= 0.6 is 0 Å². The number of carboxylic acid groups (broad SMARTS) is 3. The number of esters is 1. The Labute approximate surface area is 278 Å². The molecule has 0 aliphatic heterocycles. The number of rotatable bonds is 21. The van der Waals surface area contributed by atoms with E-state index in [4.69, 9.17) is 14.9 Å². The van der Waals surface area contributed by atoms with E-state index in [0.29, 0.717) is 6.61 Å². The largest absolute Gasteiger partial charge is 1.00 e. The average Bonchev–Trinajstić information content (AvgIpc) is 2.98. The van der Waals surface area contributed by atoms with Crippen LogP contribution in [-0.2, 0) is 4.74 Å². The first-order valence-electron chi connectivity index (χ1n) is 15.3. The second kappa shape index (κ2) is 25.8. The van der Waals surface area contributed by atoms with Crippen molar-refractivity contribution in [3.05, 3.63) is 70.8 Å². The molecule has 0 unspecified atom stereocenters. The summed E-state index contributed by atoms with van der Waals surface area (Å²) in [5.74, 6) is -4.40. The predicted octanol–water partition coefficient (Wildman–Crippen LogP) is 4.56. The maximum atomic E-state index is 12.0. The normalized spacial score (nSPS) is 10.2. The number of hydrogen-bond donors (Lipinski definition) is 2. The average molecular weight is 607 g/mol. The number of ether oxygens (including phenoxy) is 1. The Hall–Kier alpha value is -2.68. The molecular weight excluding hydrogens is 559 g/mol. The van der Waals surface area contributed by atoms with Gasteiger partial charge in [0.05, 0.1) is 29.3 Å². The van der Waals surface area contributed by atoms with Gasteiger partial charge in [0.15, 0.2) is 0 Å². The van der Waals surface area contributed by atoms with Crippen LogP contribution in [0, 0.1) is 0 Å². The van der Waals surface area contributed by atoms with Crippen LogP contribution in [0.2, 0.25) is 0 Å². The first kappa shape index (κ1) is 40.3. The maximum Gasteiger partial charge on any atom is 1.00 e. The standard InChI is InChI=1S/C26H42O4.C8H6O4.Na/c1-2-3-4-5-6-7-8-9-10-11-12-13-14-15-16-19-22-30-26(29)24-21-18-17-20-23(24)25(27)28;9-7(10)5-3-1-2-4-6(5)8(11)12;/h17-18,20-21H,2-16,19,22H2,1H3,(H,27,28);1-4H,(H,9,10)(H,11,12);/q;;+1/p-1. The van der Waals surface area contributed by atoms with Crippen LogP contribution in [0.5, 0.6) is 0 Å². The summed E-state index contributed by atoms with van der Waals surface area (Å²) in [7, 11) is 0. The summed E-state index contributed by atoms with van der Waals surface area (Å²) in [5.41, 5.74) is -0.432. The summed E-state index contributed by atoms with van der Waals surface area (Å²) >= 11 is 0. The third-order valence-corrected chi connectivity index (χ3v) is 6.99. The van der Waals surface area contributed by atoms with Crippen molar-refractivity contribution in [3.8, 4) is 0 Å². The third kappa shape index (κ3) is 18.6. The topological polar surface area (TPSA) is 141 Å². The molecule has 0 bridgehead atoms. The van der Waals surface area contributed by atoms with E-state index in [1.54, 1.807) is 12.1 Å². The van der Waals surface area contributed by atoms with Gasteiger partial charge < -0.3 is 24.9 Å². The number of hydrogen-bond acceptors (Lipinski definition) is 6. The number of carbonyl (C=O) groups is 4. The van der Waals surface area contributed by atoms with Gasteiger partial charge in [-0.1, -0.05) is 134 Å². The van der Waals surface area contributed by atoms with Crippen LogP contribution in [-0.4, -0.2) is 40.7 Å². The van der Waals surface area contributed by atoms with Crippen molar-refractivity contribution in [2.24, 2.45) is 0 Å². The molecule has 0 fully saturated rings. The minimum atomic E-state index is -1.36. The van der Waals surface area contributed by atoms with Crippen LogP contribution < -0.4 is 34.7 Å². The van der Waals surface area contributed by atoms with Crippen molar-refractivity contribution in [3.63, 3.8) is 0 Å². The molecule has 0 heterocycles. The second-order valence-electron chi connectivity index (χ2n) is 10.4. The van der Waals surface area contributed by atoms with Crippen molar-refractivity contribution in [1.29, 1.82) is 0 Å². The van der Waals surface area contributed by atoms with E-state index in [1.165, 1.54) is 120 Å². The van der Waals surface area contributed by atoms with Gasteiger partial charge in [0.25, 0.3) is 0 Å².